The lowest BCUT2D eigenvalue weighted by Gasteiger charge is -1.97. The summed E-state index contributed by atoms with van der Waals surface area (Å²) in [7, 11) is 0. The zero-order valence-electron chi connectivity index (χ0n) is 9.82. The van der Waals surface area contributed by atoms with Gasteiger partial charge in [-0.25, -0.2) is 0 Å². The highest BCUT2D eigenvalue weighted by atomic mass is 16.6. The van der Waals surface area contributed by atoms with Gasteiger partial charge < -0.3 is 9.63 Å². The molecule has 18 heavy (non-hydrogen) atoms. The van der Waals surface area contributed by atoms with Crippen LogP contribution in [0, 0.1) is 10.1 Å². The van der Waals surface area contributed by atoms with E-state index in [-0.39, 0.29) is 17.5 Å². The van der Waals surface area contributed by atoms with E-state index in [9.17, 15) is 15.2 Å². The van der Waals surface area contributed by atoms with Crippen molar-refractivity contribution < 1.29 is 14.6 Å². The minimum atomic E-state index is -0.660. The largest absolute Gasteiger partial charge is 0.502 e. The molecule has 0 unspecified atom stereocenters. The van der Waals surface area contributed by atoms with Gasteiger partial charge in [-0.3, -0.25) is 10.1 Å². The van der Waals surface area contributed by atoms with Crippen LogP contribution in [0.2, 0.25) is 0 Å². The fourth-order valence-electron chi connectivity index (χ4n) is 1.40. The molecule has 0 saturated heterocycles. The van der Waals surface area contributed by atoms with E-state index in [2.05, 4.69) is 10.1 Å². The number of nitro groups is 1. The quantitative estimate of drug-likeness (QED) is 0.662. The number of phenols is 1. The third-order valence-electron chi connectivity index (χ3n) is 2.38. The molecule has 0 radical (unpaired) electrons. The van der Waals surface area contributed by atoms with E-state index in [1.165, 1.54) is 18.2 Å². The van der Waals surface area contributed by atoms with Gasteiger partial charge in [0.15, 0.2) is 11.6 Å². The number of rotatable bonds is 3. The number of phenolic OH excluding ortho intramolecular Hbond substituents is 1. The number of hydrogen-bond acceptors (Lipinski definition) is 6. The van der Waals surface area contributed by atoms with Gasteiger partial charge in [-0.15, -0.1) is 0 Å². The molecule has 7 heteroatoms. The molecular weight excluding hydrogens is 238 g/mol. The molecule has 0 saturated carbocycles. The summed E-state index contributed by atoms with van der Waals surface area (Å²) in [4.78, 5) is 14.0. The SMILES string of the molecule is CC(C)c1noc(-c2ccc([N+](=O)[O-])c(O)c2)n1. The maximum atomic E-state index is 10.6. The Morgan fingerprint density at radius 3 is 2.67 bits per heavy atom. The van der Waals surface area contributed by atoms with Gasteiger partial charge in [0.2, 0.25) is 0 Å². The molecule has 1 aromatic carbocycles. The summed E-state index contributed by atoms with van der Waals surface area (Å²) < 4.78 is 5.03. The van der Waals surface area contributed by atoms with Crippen molar-refractivity contribution in [3.8, 4) is 17.2 Å². The number of benzene rings is 1. The molecular formula is C11H11N3O4. The molecule has 7 nitrogen and oxygen atoms in total. The van der Waals surface area contributed by atoms with Crippen LogP contribution in [0.4, 0.5) is 5.69 Å². The summed E-state index contributed by atoms with van der Waals surface area (Å²) in [5.41, 5.74) is 0.0832. The monoisotopic (exact) mass is 249 g/mol. The first-order valence-electron chi connectivity index (χ1n) is 5.30. The highest BCUT2D eigenvalue weighted by Gasteiger charge is 2.17. The molecule has 0 fully saturated rings. The summed E-state index contributed by atoms with van der Waals surface area (Å²) in [5.74, 6) is 0.461. The molecule has 0 amide bonds. The van der Waals surface area contributed by atoms with Crippen LogP contribution in [-0.2, 0) is 0 Å². The highest BCUT2D eigenvalue weighted by molar-refractivity contribution is 5.61. The molecule has 1 N–H and O–H groups in total. The first kappa shape index (κ1) is 12.0. The van der Waals surface area contributed by atoms with Crippen molar-refractivity contribution in [3.05, 3.63) is 34.1 Å². The van der Waals surface area contributed by atoms with E-state index in [1.54, 1.807) is 0 Å². The fourth-order valence-corrected chi connectivity index (χ4v) is 1.40. The molecule has 1 aromatic heterocycles. The van der Waals surface area contributed by atoms with Gasteiger partial charge in [0.05, 0.1) is 4.92 Å². The first-order valence-corrected chi connectivity index (χ1v) is 5.30. The number of nitrogens with zero attached hydrogens (tertiary/aromatic N) is 3. The molecule has 0 bridgehead atoms. The summed E-state index contributed by atoms with van der Waals surface area (Å²) in [5, 5.41) is 23.8. The Balaban J connectivity index is 2.39. The topological polar surface area (TPSA) is 102 Å². The second kappa shape index (κ2) is 4.44. The van der Waals surface area contributed by atoms with Crippen LogP contribution >= 0.6 is 0 Å². The van der Waals surface area contributed by atoms with Crippen LogP contribution in [0.3, 0.4) is 0 Å². The van der Waals surface area contributed by atoms with Crippen LogP contribution in [0.25, 0.3) is 11.5 Å². The second-order valence-electron chi connectivity index (χ2n) is 4.07. The molecule has 0 atom stereocenters. The van der Waals surface area contributed by atoms with Gasteiger partial charge in [-0.2, -0.15) is 4.98 Å². The van der Waals surface area contributed by atoms with E-state index in [1.807, 2.05) is 13.8 Å². The molecule has 0 aliphatic rings. The van der Waals surface area contributed by atoms with Crippen molar-refractivity contribution in [2.45, 2.75) is 19.8 Å². The van der Waals surface area contributed by atoms with Gasteiger partial charge in [-0.05, 0) is 12.1 Å². The Hall–Kier alpha value is -2.44. The van der Waals surface area contributed by atoms with Gasteiger partial charge >= 0.3 is 5.69 Å². The van der Waals surface area contributed by atoms with Crippen molar-refractivity contribution in [1.82, 2.24) is 10.1 Å². The lowest BCUT2D eigenvalue weighted by molar-refractivity contribution is -0.385. The molecule has 94 valence electrons. The Kier molecular flexibility index (Phi) is 2.97. The molecule has 1 heterocycles. The molecule has 0 spiro atoms. The van der Waals surface area contributed by atoms with Crippen molar-refractivity contribution in [3.63, 3.8) is 0 Å². The van der Waals surface area contributed by atoms with Crippen LogP contribution in [-0.4, -0.2) is 20.2 Å². The number of nitro benzene ring substituents is 1. The van der Waals surface area contributed by atoms with E-state index >= 15 is 0 Å². The first-order chi connectivity index (χ1) is 8.49. The van der Waals surface area contributed by atoms with Crippen LogP contribution in [0.1, 0.15) is 25.6 Å². The highest BCUT2D eigenvalue weighted by Crippen LogP contribution is 2.30. The minimum absolute atomic E-state index is 0.120. The summed E-state index contributed by atoms with van der Waals surface area (Å²) in [6, 6.07) is 3.88. The zero-order valence-corrected chi connectivity index (χ0v) is 9.82. The van der Waals surface area contributed by atoms with Crippen molar-refractivity contribution in [1.29, 1.82) is 0 Å². The van der Waals surface area contributed by atoms with Crippen molar-refractivity contribution in [2.75, 3.05) is 0 Å². The molecule has 2 aromatic rings. The van der Waals surface area contributed by atoms with Gasteiger partial charge in [0.25, 0.3) is 5.89 Å². The molecule has 2 rings (SSSR count). The van der Waals surface area contributed by atoms with E-state index in [0.717, 1.165) is 0 Å². The van der Waals surface area contributed by atoms with Gasteiger partial charge in [0.1, 0.15) is 0 Å². The number of aromatic nitrogens is 2. The van der Waals surface area contributed by atoms with Crippen LogP contribution in [0.5, 0.6) is 5.75 Å². The molecule has 0 aliphatic carbocycles. The van der Waals surface area contributed by atoms with Crippen LogP contribution < -0.4 is 0 Å². The Bertz CT molecular complexity index is 592. The maximum absolute atomic E-state index is 10.6. The van der Waals surface area contributed by atoms with Gasteiger partial charge in [-0.1, -0.05) is 19.0 Å². The smallest absolute Gasteiger partial charge is 0.310 e. The Labute approximate surface area is 102 Å². The number of aromatic hydroxyl groups is 1. The average Bonchev–Trinajstić information content (AvgIpc) is 2.77. The van der Waals surface area contributed by atoms with Crippen LogP contribution in [0.15, 0.2) is 22.7 Å². The maximum Gasteiger partial charge on any atom is 0.310 e. The van der Waals surface area contributed by atoms with E-state index in [0.29, 0.717) is 11.4 Å². The average molecular weight is 249 g/mol. The summed E-state index contributed by atoms with van der Waals surface area (Å²) in [6.45, 7) is 3.84. The Morgan fingerprint density at radius 2 is 2.17 bits per heavy atom. The lowest BCUT2D eigenvalue weighted by atomic mass is 10.2. The third-order valence-corrected chi connectivity index (χ3v) is 2.38. The predicted octanol–water partition coefficient (Wildman–Crippen LogP) is 2.47. The Morgan fingerprint density at radius 1 is 1.44 bits per heavy atom. The van der Waals surface area contributed by atoms with Crippen molar-refractivity contribution >= 4 is 5.69 Å². The lowest BCUT2D eigenvalue weighted by Crippen LogP contribution is -1.90. The standard InChI is InChI=1S/C11H11N3O4/c1-6(2)10-12-11(18-13-10)7-3-4-8(14(16)17)9(15)5-7/h3-6,15H,1-2H3. The summed E-state index contributed by atoms with van der Waals surface area (Å²) in [6.07, 6.45) is 0. The summed E-state index contributed by atoms with van der Waals surface area (Å²) >= 11 is 0. The predicted molar refractivity (Wildman–Crippen MR) is 62.1 cm³/mol. The van der Waals surface area contributed by atoms with E-state index < -0.39 is 10.7 Å². The zero-order chi connectivity index (χ0) is 13.3. The number of hydrogen-bond donors (Lipinski definition) is 1. The van der Waals surface area contributed by atoms with E-state index in [4.69, 9.17) is 4.52 Å². The normalized spacial score (nSPS) is 10.8. The van der Waals surface area contributed by atoms with Crippen molar-refractivity contribution in [2.24, 2.45) is 0 Å². The third kappa shape index (κ3) is 2.15. The second-order valence-corrected chi connectivity index (χ2v) is 4.07. The fraction of sp³-hybridized carbons (Fsp3) is 0.273. The molecule has 0 aliphatic heterocycles. The minimum Gasteiger partial charge on any atom is -0.502 e. The van der Waals surface area contributed by atoms with Gasteiger partial charge in [0, 0.05) is 17.5 Å².